The molecule has 1 N–H and O–H groups in total. The number of nitrogens with one attached hydrogen (secondary N) is 1. The van der Waals surface area contributed by atoms with E-state index in [-0.39, 0.29) is 22.4 Å². The molecule has 11 heteroatoms. The van der Waals surface area contributed by atoms with Crippen molar-refractivity contribution in [3.8, 4) is 0 Å². The number of thioether (sulfide) groups is 1. The fourth-order valence-corrected chi connectivity index (χ4v) is 3.66. The number of benzene rings is 1. The first-order chi connectivity index (χ1) is 12.0. The molecule has 0 saturated heterocycles. The number of non-ortho nitro benzene ring substituents is 1. The number of carbonyl (C=O) groups excluding carboxylic acids is 1. The average Bonchev–Trinajstić information content (AvgIpc) is 3.25. The quantitative estimate of drug-likeness (QED) is 0.463. The smallest absolute Gasteiger partial charge is 0.271 e. The Labute approximate surface area is 152 Å². The van der Waals surface area contributed by atoms with Crippen LogP contribution in [0.3, 0.4) is 0 Å². The molecule has 1 aromatic carbocycles. The van der Waals surface area contributed by atoms with Gasteiger partial charge in [-0.2, -0.15) is 0 Å². The van der Waals surface area contributed by atoms with Gasteiger partial charge in [-0.05, 0) is 29.3 Å². The molecule has 132 valence electrons. The second-order valence-corrected chi connectivity index (χ2v) is 6.95. The summed E-state index contributed by atoms with van der Waals surface area (Å²) in [5.41, 5.74) is 0.196. The SMILES string of the molecule is O=C(CSc1nnnn1C1CCCC1)Nc1ccc([N+](=O)[O-])cc1Cl. The van der Waals surface area contributed by atoms with Crippen molar-refractivity contribution in [2.45, 2.75) is 36.9 Å². The standard InChI is InChI=1S/C14H15ClN6O3S/c15-11-7-10(21(23)24)5-6-12(11)16-13(22)8-25-14-17-18-19-20(14)9-3-1-2-4-9/h5-7,9H,1-4,8H2,(H,16,22). The van der Waals surface area contributed by atoms with Crippen molar-refractivity contribution in [1.82, 2.24) is 20.2 Å². The van der Waals surface area contributed by atoms with Gasteiger partial charge in [-0.1, -0.05) is 36.2 Å². The third kappa shape index (κ3) is 4.26. The molecule has 1 aromatic heterocycles. The number of carbonyl (C=O) groups is 1. The van der Waals surface area contributed by atoms with Gasteiger partial charge in [0, 0.05) is 12.1 Å². The van der Waals surface area contributed by atoms with E-state index >= 15 is 0 Å². The maximum absolute atomic E-state index is 12.1. The highest BCUT2D eigenvalue weighted by atomic mass is 35.5. The molecule has 3 rings (SSSR count). The number of nitro groups is 1. The zero-order valence-corrected chi connectivity index (χ0v) is 14.7. The summed E-state index contributed by atoms with van der Waals surface area (Å²) in [5.74, 6) is -0.179. The highest BCUT2D eigenvalue weighted by Gasteiger charge is 2.22. The first-order valence-corrected chi connectivity index (χ1v) is 9.05. The Morgan fingerprint density at radius 3 is 2.88 bits per heavy atom. The molecule has 1 fully saturated rings. The highest BCUT2D eigenvalue weighted by Crippen LogP contribution is 2.31. The minimum absolute atomic E-state index is 0.112. The third-order valence-electron chi connectivity index (χ3n) is 3.90. The number of rotatable bonds is 6. The molecule has 1 heterocycles. The number of hydrogen-bond acceptors (Lipinski definition) is 7. The predicted molar refractivity (Wildman–Crippen MR) is 92.8 cm³/mol. The fraction of sp³-hybridized carbons (Fsp3) is 0.429. The second kappa shape index (κ2) is 7.79. The monoisotopic (exact) mass is 382 g/mol. The van der Waals surface area contributed by atoms with Crippen LogP contribution in [0.15, 0.2) is 23.4 Å². The van der Waals surface area contributed by atoms with E-state index in [1.165, 1.54) is 30.0 Å². The minimum Gasteiger partial charge on any atom is -0.324 e. The Kier molecular flexibility index (Phi) is 5.49. The summed E-state index contributed by atoms with van der Waals surface area (Å²) in [6, 6.07) is 4.19. The lowest BCUT2D eigenvalue weighted by Crippen LogP contribution is -2.15. The van der Waals surface area contributed by atoms with Crippen LogP contribution in [-0.4, -0.2) is 36.8 Å². The van der Waals surface area contributed by atoms with E-state index in [4.69, 9.17) is 11.6 Å². The van der Waals surface area contributed by atoms with Crippen molar-refractivity contribution >= 4 is 40.6 Å². The molecular weight excluding hydrogens is 368 g/mol. The summed E-state index contributed by atoms with van der Waals surface area (Å²) in [6.07, 6.45) is 4.41. The molecule has 0 unspecified atom stereocenters. The lowest BCUT2D eigenvalue weighted by Gasteiger charge is -2.11. The van der Waals surface area contributed by atoms with Gasteiger partial charge in [-0.3, -0.25) is 14.9 Å². The summed E-state index contributed by atoms with van der Waals surface area (Å²) in [5, 5.41) is 25.7. The number of halogens is 1. The topological polar surface area (TPSA) is 116 Å². The van der Waals surface area contributed by atoms with Crippen LogP contribution in [0.1, 0.15) is 31.7 Å². The lowest BCUT2D eigenvalue weighted by atomic mass is 10.3. The molecule has 1 amide bonds. The van der Waals surface area contributed by atoms with Gasteiger partial charge in [0.2, 0.25) is 11.1 Å². The minimum atomic E-state index is -0.545. The summed E-state index contributed by atoms with van der Waals surface area (Å²) in [4.78, 5) is 22.3. The average molecular weight is 383 g/mol. The number of tetrazole rings is 1. The first kappa shape index (κ1) is 17.6. The molecule has 0 bridgehead atoms. The molecule has 1 aliphatic carbocycles. The third-order valence-corrected chi connectivity index (χ3v) is 5.15. The van der Waals surface area contributed by atoms with Crippen LogP contribution in [0.4, 0.5) is 11.4 Å². The second-order valence-electron chi connectivity index (χ2n) is 5.60. The van der Waals surface area contributed by atoms with Crippen molar-refractivity contribution in [2.24, 2.45) is 0 Å². The zero-order valence-electron chi connectivity index (χ0n) is 13.1. The van der Waals surface area contributed by atoms with E-state index in [1.807, 2.05) is 0 Å². The van der Waals surface area contributed by atoms with Gasteiger partial charge in [0.25, 0.3) is 5.69 Å². The molecular formula is C14H15ClN6O3S. The van der Waals surface area contributed by atoms with Crippen LogP contribution < -0.4 is 5.32 Å². The van der Waals surface area contributed by atoms with Gasteiger partial charge >= 0.3 is 0 Å². The number of amides is 1. The van der Waals surface area contributed by atoms with E-state index in [9.17, 15) is 14.9 Å². The Balaban J connectivity index is 1.59. The van der Waals surface area contributed by atoms with Crippen LogP contribution in [0, 0.1) is 10.1 Å². The summed E-state index contributed by atoms with van der Waals surface area (Å²) >= 11 is 7.21. The predicted octanol–water partition coefficient (Wildman–Crippen LogP) is 3.08. The van der Waals surface area contributed by atoms with Gasteiger partial charge in [-0.25, -0.2) is 4.68 Å². The molecule has 0 aliphatic heterocycles. The van der Waals surface area contributed by atoms with Crippen LogP contribution in [-0.2, 0) is 4.79 Å². The number of anilines is 1. The first-order valence-electron chi connectivity index (χ1n) is 7.69. The van der Waals surface area contributed by atoms with E-state index in [0.717, 1.165) is 25.7 Å². The summed E-state index contributed by atoms with van der Waals surface area (Å²) < 4.78 is 1.78. The zero-order chi connectivity index (χ0) is 17.8. The maximum atomic E-state index is 12.1. The molecule has 25 heavy (non-hydrogen) atoms. The molecule has 9 nitrogen and oxygen atoms in total. The van der Waals surface area contributed by atoms with Crippen molar-refractivity contribution in [1.29, 1.82) is 0 Å². The molecule has 2 aromatic rings. The number of aromatic nitrogens is 4. The van der Waals surface area contributed by atoms with Crippen LogP contribution in [0.25, 0.3) is 0 Å². The number of nitrogens with zero attached hydrogens (tertiary/aromatic N) is 5. The maximum Gasteiger partial charge on any atom is 0.271 e. The van der Waals surface area contributed by atoms with Crippen molar-refractivity contribution in [3.05, 3.63) is 33.3 Å². The Hall–Kier alpha value is -2.20. The molecule has 0 atom stereocenters. The van der Waals surface area contributed by atoms with E-state index < -0.39 is 4.92 Å². The number of hydrogen-bond donors (Lipinski definition) is 1. The molecule has 1 saturated carbocycles. The van der Waals surface area contributed by atoms with Gasteiger partial charge in [0.1, 0.15) is 0 Å². The van der Waals surface area contributed by atoms with Crippen LogP contribution >= 0.6 is 23.4 Å². The lowest BCUT2D eigenvalue weighted by molar-refractivity contribution is -0.384. The Morgan fingerprint density at radius 2 is 2.20 bits per heavy atom. The Bertz CT molecular complexity index is 793. The van der Waals surface area contributed by atoms with Crippen molar-refractivity contribution in [2.75, 3.05) is 11.1 Å². The normalized spacial score (nSPS) is 14.6. The highest BCUT2D eigenvalue weighted by molar-refractivity contribution is 7.99. The fourth-order valence-electron chi connectivity index (χ4n) is 2.69. The summed E-state index contributed by atoms with van der Waals surface area (Å²) in [6.45, 7) is 0. The van der Waals surface area contributed by atoms with Gasteiger partial charge < -0.3 is 5.32 Å². The van der Waals surface area contributed by atoms with Crippen LogP contribution in [0.2, 0.25) is 5.02 Å². The van der Waals surface area contributed by atoms with E-state index in [0.29, 0.717) is 16.9 Å². The molecule has 0 radical (unpaired) electrons. The van der Waals surface area contributed by atoms with Crippen molar-refractivity contribution in [3.63, 3.8) is 0 Å². The molecule has 1 aliphatic rings. The van der Waals surface area contributed by atoms with Gasteiger partial charge in [0.05, 0.1) is 27.4 Å². The van der Waals surface area contributed by atoms with E-state index in [1.54, 1.807) is 4.68 Å². The largest absolute Gasteiger partial charge is 0.324 e. The van der Waals surface area contributed by atoms with Gasteiger partial charge in [-0.15, -0.1) is 5.10 Å². The van der Waals surface area contributed by atoms with E-state index in [2.05, 4.69) is 20.8 Å². The molecule has 0 spiro atoms. The van der Waals surface area contributed by atoms with Crippen molar-refractivity contribution < 1.29 is 9.72 Å². The van der Waals surface area contributed by atoms with Crippen LogP contribution in [0.5, 0.6) is 0 Å². The number of nitro benzene ring substituents is 1. The summed E-state index contributed by atoms with van der Waals surface area (Å²) in [7, 11) is 0. The van der Waals surface area contributed by atoms with Gasteiger partial charge in [0.15, 0.2) is 0 Å². The Morgan fingerprint density at radius 1 is 1.44 bits per heavy atom.